The number of ether oxygens (including phenoxy) is 1. The summed E-state index contributed by atoms with van der Waals surface area (Å²) in [5, 5.41) is 0.600. The van der Waals surface area contributed by atoms with Crippen LogP contribution in [0.2, 0.25) is 5.15 Å². The van der Waals surface area contributed by atoms with Gasteiger partial charge in [0.05, 0.1) is 29.8 Å². The number of amides is 2. The van der Waals surface area contributed by atoms with Gasteiger partial charge >= 0.3 is 0 Å². The van der Waals surface area contributed by atoms with E-state index in [0.717, 1.165) is 11.1 Å². The van der Waals surface area contributed by atoms with Crippen LogP contribution < -0.4 is 10.5 Å². The second-order valence-electron chi connectivity index (χ2n) is 7.40. The number of nitrogens with two attached hydrogens (primary N) is 1. The fourth-order valence-electron chi connectivity index (χ4n) is 4.03. The highest BCUT2D eigenvalue weighted by Gasteiger charge is 2.30. The number of carbonyl (C=O) groups excluding carboxylic acids is 3. The molecule has 32 heavy (non-hydrogen) atoms. The Kier molecular flexibility index (Phi) is 5.96. The van der Waals surface area contributed by atoms with Crippen molar-refractivity contribution in [2.45, 2.75) is 12.8 Å². The molecule has 0 atom stereocenters. The van der Waals surface area contributed by atoms with Gasteiger partial charge in [0.2, 0.25) is 5.91 Å². The second-order valence-corrected chi connectivity index (χ2v) is 7.76. The van der Waals surface area contributed by atoms with Gasteiger partial charge in [-0.2, -0.15) is 0 Å². The van der Waals surface area contributed by atoms with Gasteiger partial charge in [0, 0.05) is 24.9 Å². The van der Waals surface area contributed by atoms with E-state index >= 15 is 0 Å². The molecule has 164 valence electrons. The smallest absolute Gasteiger partial charge is 0.295 e. The summed E-state index contributed by atoms with van der Waals surface area (Å²) < 4.78 is 5.29. The molecule has 1 aliphatic heterocycles. The number of Topliss-reactive ketones (excluding diaryl/α,β-unsaturated/α-hetero) is 1. The summed E-state index contributed by atoms with van der Waals surface area (Å²) in [6, 6.07) is 9.21. The molecule has 9 heteroatoms. The number of H-pyrrole nitrogens is 1. The van der Waals surface area contributed by atoms with E-state index in [2.05, 4.69) is 9.97 Å². The standard InChI is InChI=1S/C23H21ClN4O4/c1-32-16-12-27-21(24)19-18(16)15(11-26-19)20(29)23(31)28-9-7-14(8-10-28)17(22(25)30)13-5-3-2-4-6-13/h2-6,11-12,26H,7-10H2,1H3,(H2,25,30). The molecule has 0 bridgehead atoms. The predicted octanol–water partition coefficient (Wildman–Crippen LogP) is 2.97. The number of halogens is 1. The fourth-order valence-corrected chi connectivity index (χ4v) is 4.23. The first-order chi connectivity index (χ1) is 15.4. The Bertz CT molecular complexity index is 1240. The number of ketones is 1. The first-order valence-corrected chi connectivity index (χ1v) is 10.4. The zero-order chi connectivity index (χ0) is 22.8. The number of aromatic amines is 1. The lowest BCUT2D eigenvalue weighted by molar-refractivity contribution is -0.126. The first-order valence-electron chi connectivity index (χ1n) is 10.0. The molecule has 0 aliphatic carbocycles. The van der Waals surface area contributed by atoms with Crippen molar-refractivity contribution in [2.75, 3.05) is 20.2 Å². The minimum Gasteiger partial charge on any atom is -0.494 e. The van der Waals surface area contributed by atoms with Gasteiger partial charge < -0.3 is 20.4 Å². The molecule has 1 aromatic carbocycles. The Morgan fingerprint density at radius 3 is 2.47 bits per heavy atom. The number of fused-ring (bicyclic) bond motifs is 1. The van der Waals surface area contributed by atoms with Crippen LogP contribution in [0, 0.1) is 0 Å². The average Bonchev–Trinajstić information content (AvgIpc) is 3.26. The van der Waals surface area contributed by atoms with Gasteiger partial charge in [0.25, 0.3) is 11.7 Å². The van der Waals surface area contributed by atoms with Crippen molar-refractivity contribution in [3.05, 3.63) is 64.6 Å². The van der Waals surface area contributed by atoms with E-state index in [4.69, 9.17) is 22.1 Å². The van der Waals surface area contributed by atoms with Crippen molar-refractivity contribution in [2.24, 2.45) is 5.73 Å². The number of likely N-dealkylation sites (tertiary alicyclic amines) is 1. The largest absolute Gasteiger partial charge is 0.494 e. The quantitative estimate of drug-likeness (QED) is 0.267. The maximum Gasteiger partial charge on any atom is 0.295 e. The van der Waals surface area contributed by atoms with Crippen LogP contribution in [0.4, 0.5) is 0 Å². The molecule has 1 fully saturated rings. The Morgan fingerprint density at radius 1 is 1.16 bits per heavy atom. The third-order valence-corrected chi connectivity index (χ3v) is 5.89. The lowest BCUT2D eigenvalue weighted by Crippen LogP contribution is -2.41. The molecule has 0 spiro atoms. The van der Waals surface area contributed by atoms with E-state index in [1.807, 2.05) is 30.3 Å². The number of pyridine rings is 1. The summed E-state index contributed by atoms with van der Waals surface area (Å²) in [7, 11) is 1.45. The normalized spacial score (nSPS) is 13.8. The molecule has 1 aliphatic rings. The number of nitrogens with zero attached hydrogens (tertiary/aromatic N) is 2. The molecule has 2 aromatic heterocycles. The van der Waals surface area contributed by atoms with Crippen LogP contribution in [0.15, 0.2) is 48.3 Å². The summed E-state index contributed by atoms with van der Waals surface area (Å²) >= 11 is 6.11. The summed E-state index contributed by atoms with van der Waals surface area (Å²) in [6.07, 6.45) is 3.77. The topological polar surface area (TPSA) is 118 Å². The number of hydrogen-bond acceptors (Lipinski definition) is 5. The molecule has 8 nitrogen and oxygen atoms in total. The van der Waals surface area contributed by atoms with Gasteiger partial charge in [-0.05, 0) is 18.4 Å². The van der Waals surface area contributed by atoms with Crippen molar-refractivity contribution in [1.29, 1.82) is 0 Å². The Hall–Kier alpha value is -3.65. The zero-order valence-electron chi connectivity index (χ0n) is 17.4. The number of piperidine rings is 1. The van der Waals surface area contributed by atoms with E-state index in [0.29, 0.717) is 48.2 Å². The lowest BCUT2D eigenvalue weighted by Gasteiger charge is -2.29. The molecule has 0 radical (unpaired) electrons. The Morgan fingerprint density at radius 2 is 1.84 bits per heavy atom. The molecule has 3 N–H and O–H groups in total. The van der Waals surface area contributed by atoms with Crippen molar-refractivity contribution in [3.8, 4) is 5.75 Å². The summed E-state index contributed by atoms with van der Waals surface area (Å²) in [5.74, 6) is -1.44. The molecule has 2 amide bonds. The van der Waals surface area contributed by atoms with Crippen molar-refractivity contribution >= 4 is 45.7 Å². The Labute approximate surface area is 189 Å². The zero-order valence-corrected chi connectivity index (χ0v) is 18.1. The highest BCUT2D eigenvalue weighted by Crippen LogP contribution is 2.33. The van der Waals surface area contributed by atoms with Gasteiger partial charge in [-0.25, -0.2) is 4.98 Å². The predicted molar refractivity (Wildman–Crippen MR) is 120 cm³/mol. The summed E-state index contributed by atoms with van der Waals surface area (Å²) in [6.45, 7) is 0.622. The number of methoxy groups -OCH3 is 1. The van der Waals surface area contributed by atoms with E-state index in [1.165, 1.54) is 24.4 Å². The summed E-state index contributed by atoms with van der Waals surface area (Å²) in [5.41, 5.74) is 8.35. The number of rotatable bonds is 5. The van der Waals surface area contributed by atoms with Crippen LogP contribution in [-0.2, 0) is 9.59 Å². The number of carbonyl (C=O) groups is 3. The third-order valence-electron chi connectivity index (χ3n) is 5.60. The van der Waals surface area contributed by atoms with Gasteiger partial charge in [0.15, 0.2) is 5.15 Å². The summed E-state index contributed by atoms with van der Waals surface area (Å²) in [4.78, 5) is 46.5. The lowest BCUT2D eigenvalue weighted by atomic mass is 9.92. The SMILES string of the molecule is COc1cnc(Cl)c2[nH]cc(C(=O)C(=O)N3CCC(=C(C(N)=O)c4ccccc4)CC3)c12. The van der Waals surface area contributed by atoms with E-state index in [-0.39, 0.29) is 10.7 Å². The second kappa shape index (κ2) is 8.84. The van der Waals surface area contributed by atoms with E-state index in [9.17, 15) is 14.4 Å². The molecule has 3 aromatic rings. The maximum absolute atomic E-state index is 13.0. The van der Waals surface area contributed by atoms with Crippen LogP contribution in [0.3, 0.4) is 0 Å². The number of aromatic nitrogens is 2. The van der Waals surface area contributed by atoms with Crippen LogP contribution in [-0.4, -0.2) is 52.7 Å². The number of primary amides is 1. The van der Waals surface area contributed by atoms with Crippen LogP contribution in [0.5, 0.6) is 5.75 Å². The van der Waals surface area contributed by atoms with Crippen LogP contribution >= 0.6 is 11.6 Å². The molecule has 0 saturated carbocycles. The molecular formula is C23H21ClN4O4. The van der Waals surface area contributed by atoms with Crippen molar-refractivity contribution < 1.29 is 19.1 Å². The van der Waals surface area contributed by atoms with Crippen LogP contribution in [0.25, 0.3) is 16.5 Å². The van der Waals surface area contributed by atoms with Crippen molar-refractivity contribution in [3.63, 3.8) is 0 Å². The van der Waals surface area contributed by atoms with Crippen LogP contribution in [0.1, 0.15) is 28.8 Å². The number of nitrogens with one attached hydrogen (secondary N) is 1. The van der Waals surface area contributed by atoms with Crippen molar-refractivity contribution in [1.82, 2.24) is 14.9 Å². The van der Waals surface area contributed by atoms with E-state index < -0.39 is 17.6 Å². The van der Waals surface area contributed by atoms with Gasteiger partial charge in [0.1, 0.15) is 5.75 Å². The number of benzene rings is 1. The monoisotopic (exact) mass is 452 g/mol. The average molecular weight is 453 g/mol. The molecular weight excluding hydrogens is 432 g/mol. The van der Waals surface area contributed by atoms with Gasteiger partial charge in [-0.1, -0.05) is 47.5 Å². The minimum atomic E-state index is -0.664. The fraction of sp³-hybridized carbons (Fsp3) is 0.217. The first kappa shape index (κ1) is 21.6. The molecule has 3 heterocycles. The molecule has 1 saturated heterocycles. The minimum absolute atomic E-state index is 0.176. The maximum atomic E-state index is 13.0. The van der Waals surface area contributed by atoms with Gasteiger partial charge in [-0.3, -0.25) is 14.4 Å². The number of hydrogen-bond donors (Lipinski definition) is 2. The molecule has 0 unspecified atom stereocenters. The van der Waals surface area contributed by atoms with E-state index in [1.54, 1.807) is 0 Å². The highest BCUT2D eigenvalue weighted by molar-refractivity contribution is 6.45. The van der Waals surface area contributed by atoms with Gasteiger partial charge in [-0.15, -0.1) is 0 Å². The third kappa shape index (κ3) is 3.85. The molecule has 4 rings (SSSR count). The Balaban J connectivity index is 1.57. The highest BCUT2D eigenvalue weighted by atomic mass is 35.5.